The van der Waals surface area contributed by atoms with Crippen LogP contribution in [0.1, 0.15) is 17.5 Å². The molecule has 0 amide bonds. The number of carbonyl (C=O) groups excluding carboxylic acids is 1. The molecule has 1 unspecified atom stereocenters. The Morgan fingerprint density at radius 1 is 0.955 bits per heavy atom. The Kier molecular flexibility index (Phi) is 5.66. The van der Waals surface area contributed by atoms with Gasteiger partial charge in [-0.3, -0.25) is 9.59 Å². The molecule has 2 aromatic rings. The summed E-state index contributed by atoms with van der Waals surface area (Å²) in [6, 6.07) is 18.8. The number of benzene rings is 2. The summed E-state index contributed by atoms with van der Waals surface area (Å²) in [6.45, 7) is 0. The monoisotopic (exact) mass is 294 g/mol. The molecule has 2 aromatic carbocycles. The third-order valence-electron chi connectivity index (χ3n) is 3.33. The van der Waals surface area contributed by atoms with E-state index in [9.17, 15) is 14.7 Å². The molecule has 1 atom stereocenters. The molecule has 0 radical (unpaired) electrons. The molecule has 3 nitrogen and oxygen atoms in total. The van der Waals surface area contributed by atoms with Crippen LogP contribution >= 0.6 is 0 Å². The van der Waals surface area contributed by atoms with Crippen molar-refractivity contribution in [1.29, 1.82) is 0 Å². The molecule has 0 heterocycles. The number of aliphatic carboxylic acids is 1. The maximum Gasteiger partial charge on any atom is 0.310 e. The first-order valence-electron chi connectivity index (χ1n) is 7.17. The van der Waals surface area contributed by atoms with Gasteiger partial charge in [0.25, 0.3) is 0 Å². The summed E-state index contributed by atoms with van der Waals surface area (Å²) in [4.78, 5) is 23.3. The van der Waals surface area contributed by atoms with Gasteiger partial charge in [-0.05, 0) is 11.1 Å². The average molecular weight is 294 g/mol. The minimum atomic E-state index is -0.978. The van der Waals surface area contributed by atoms with Crippen LogP contribution < -0.4 is 0 Å². The number of hydrogen-bond donors (Lipinski definition) is 1. The molecule has 3 heteroatoms. The maximum atomic E-state index is 12.0. The lowest BCUT2D eigenvalue weighted by Crippen LogP contribution is -2.17. The summed E-state index contributed by atoms with van der Waals surface area (Å²) >= 11 is 0. The van der Waals surface area contributed by atoms with E-state index in [1.807, 2.05) is 60.7 Å². The van der Waals surface area contributed by atoms with Crippen LogP contribution in [-0.2, 0) is 16.0 Å². The highest BCUT2D eigenvalue weighted by molar-refractivity contribution is 5.86. The van der Waals surface area contributed by atoms with E-state index >= 15 is 0 Å². The quantitative estimate of drug-likeness (QED) is 0.848. The summed E-state index contributed by atoms with van der Waals surface area (Å²) in [5.41, 5.74) is 1.83. The average Bonchev–Trinajstić information content (AvgIpc) is 2.53. The summed E-state index contributed by atoms with van der Waals surface area (Å²) < 4.78 is 0. The Morgan fingerprint density at radius 3 is 2.14 bits per heavy atom. The number of carbonyl (C=O) groups is 2. The van der Waals surface area contributed by atoms with Crippen LogP contribution in [0.5, 0.6) is 0 Å². The SMILES string of the molecule is O=C(Cc1ccccc1)CC(C=Cc1ccccc1)C(=O)O. The van der Waals surface area contributed by atoms with Gasteiger partial charge in [-0.25, -0.2) is 0 Å². The number of hydrogen-bond acceptors (Lipinski definition) is 2. The topological polar surface area (TPSA) is 54.4 Å². The van der Waals surface area contributed by atoms with Crippen molar-refractivity contribution in [2.75, 3.05) is 0 Å². The predicted octanol–water partition coefficient (Wildman–Crippen LogP) is 3.60. The highest BCUT2D eigenvalue weighted by Crippen LogP contribution is 2.12. The Morgan fingerprint density at radius 2 is 1.55 bits per heavy atom. The zero-order valence-corrected chi connectivity index (χ0v) is 12.2. The summed E-state index contributed by atoms with van der Waals surface area (Å²) in [5.74, 6) is -1.85. The minimum absolute atomic E-state index is 0.00750. The maximum absolute atomic E-state index is 12.0. The van der Waals surface area contributed by atoms with E-state index in [1.165, 1.54) is 0 Å². The number of carboxylic acid groups (broad SMARTS) is 1. The lowest BCUT2D eigenvalue weighted by Gasteiger charge is -2.07. The van der Waals surface area contributed by atoms with E-state index in [-0.39, 0.29) is 18.6 Å². The summed E-state index contributed by atoms with van der Waals surface area (Å²) in [5, 5.41) is 9.26. The van der Waals surface area contributed by atoms with E-state index in [0.29, 0.717) is 0 Å². The van der Waals surface area contributed by atoms with E-state index in [4.69, 9.17) is 0 Å². The standard InChI is InChI=1S/C19H18O3/c20-18(13-16-9-5-2-6-10-16)14-17(19(21)22)12-11-15-7-3-1-4-8-15/h1-12,17H,13-14H2,(H,21,22). The molecule has 0 aliphatic rings. The zero-order chi connectivity index (χ0) is 15.8. The van der Waals surface area contributed by atoms with Crippen molar-refractivity contribution in [3.8, 4) is 0 Å². The Hall–Kier alpha value is -2.68. The summed E-state index contributed by atoms with van der Waals surface area (Å²) in [7, 11) is 0. The molecule has 22 heavy (non-hydrogen) atoms. The van der Waals surface area contributed by atoms with Gasteiger partial charge >= 0.3 is 5.97 Å². The molecule has 0 aromatic heterocycles. The van der Waals surface area contributed by atoms with Crippen LogP contribution in [0.25, 0.3) is 6.08 Å². The molecule has 2 rings (SSSR count). The molecular weight excluding hydrogens is 276 g/mol. The molecule has 0 bridgehead atoms. The molecule has 0 saturated heterocycles. The molecule has 0 aliphatic carbocycles. The molecule has 112 valence electrons. The Labute approximate surface area is 129 Å². The van der Waals surface area contributed by atoms with Crippen molar-refractivity contribution in [2.24, 2.45) is 5.92 Å². The van der Waals surface area contributed by atoms with Gasteiger partial charge in [0.05, 0.1) is 5.92 Å². The zero-order valence-electron chi connectivity index (χ0n) is 12.2. The van der Waals surface area contributed by atoms with Crippen LogP contribution in [-0.4, -0.2) is 16.9 Å². The van der Waals surface area contributed by atoms with Gasteiger partial charge in [0.1, 0.15) is 5.78 Å². The predicted molar refractivity (Wildman–Crippen MR) is 86.4 cm³/mol. The van der Waals surface area contributed by atoms with Crippen molar-refractivity contribution in [2.45, 2.75) is 12.8 Å². The smallest absolute Gasteiger partial charge is 0.310 e. The number of rotatable bonds is 7. The molecule has 1 N–H and O–H groups in total. The second-order valence-corrected chi connectivity index (χ2v) is 5.12. The lowest BCUT2D eigenvalue weighted by atomic mass is 9.97. The normalized spacial score (nSPS) is 12.2. The summed E-state index contributed by atoms with van der Waals surface area (Å²) in [6.07, 6.45) is 3.60. The van der Waals surface area contributed by atoms with Gasteiger partial charge in [0.2, 0.25) is 0 Å². The third-order valence-corrected chi connectivity index (χ3v) is 3.33. The van der Waals surface area contributed by atoms with E-state index in [0.717, 1.165) is 11.1 Å². The van der Waals surface area contributed by atoms with E-state index < -0.39 is 11.9 Å². The largest absolute Gasteiger partial charge is 0.481 e. The minimum Gasteiger partial charge on any atom is -0.481 e. The van der Waals surface area contributed by atoms with Crippen LogP contribution in [0.15, 0.2) is 66.7 Å². The van der Waals surface area contributed by atoms with Crippen molar-refractivity contribution >= 4 is 17.8 Å². The number of Topliss-reactive ketones (excluding diaryl/α,β-unsaturated/α-hetero) is 1. The lowest BCUT2D eigenvalue weighted by molar-refractivity contribution is -0.141. The molecule has 0 spiro atoms. The van der Waals surface area contributed by atoms with Gasteiger partial charge in [-0.15, -0.1) is 0 Å². The molecule has 0 saturated carbocycles. The van der Waals surface area contributed by atoms with Gasteiger partial charge in [-0.2, -0.15) is 0 Å². The Balaban J connectivity index is 1.98. The molecule has 0 aliphatic heterocycles. The highest BCUT2D eigenvalue weighted by Gasteiger charge is 2.18. The fraction of sp³-hybridized carbons (Fsp3) is 0.158. The van der Waals surface area contributed by atoms with Crippen LogP contribution in [0.4, 0.5) is 0 Å². The first kappa shape index (κ1) is 15.7. The van der Waals surface area contributed by atoms with Gasteiger partial charge in [0, 0.05) is 12.8 Å². The van der Waals surface area contributed by atoms with Crippen molar-refractivity contribution < 1.29 is 14.7 Å². The highest BCUT2D eigenvalue weighted by atomic mass is 16.4. The van der Waals surface area contributed by atoms with Crippen LogP contribution in [0.2, 0.25) is 0 Å². The van der Waals surface area contributed by atoms with Crippen molar-refractivity contribution in [3.05, 3.63) is 77.9 Å². The van der Waals surface area contributed by atoms with Gasteiger partial charge in [0.15, 0.2) is 0 Å². The van der Waals surface area contributed by atoms with Crippen molar-refractivity contribution in [1.82, 2.24) is 0 Å². The molecule has 0 fully saturated rings. The number of ketones is 1. The van der Waals surface area contributed by atoms with Gasteiger partial charge < -0.3 is 5.11 Å². The first-order valence-corrected chi connectivity index (χ1v) is 7.17. The second-order valence-electron chi connectivity index (χ2n) is 5.12. The van der Waals surface area contributed by atoms with Crippen LogP contribution in [0, 0.1) is 5.92 Å². The second kappa shape index (κ2) is 7.93. The molecular formula is C19H18O3. The van der Waals surface area contributed by atoms with Crippen molar-refractivity contribution in [3.63, 3.8) is 0 Å². The fourth-order valence-electron chi connectivity index (χ4n) is 2.17. The fourth-order valence-corrected chi connectivity index (χ4v) is 2.17. The first-order chi connectivity index (χ1) is 10.6. The number of carboxylic acids is 1. The van der Waals surface area contributed by atoms with E-state index in [2.05, 4.69) is 0 Å². The van der Waals surface area contributed by atoms with Crippen LogP contribution in [0.3, 0.4) is 0 Å². The third kappa shape index (κ3) is 5.02. The Bertz CT molecular complexity index is 645. The van der Waals surface area contributed by atoms with Gasteiger partial charge in [-0.1, -0.05) is 72.8 Å². The van der Waals surface area contributed by atoms with E-state index in [1.54, 1.807) is 12.2 Å².